The number of rotatable bonds is 10. The van der Waals surface area contributed by atoms with Crippen LogP contribution in [0, 0.1) is 0 Å². The summed E-state index contributed by atoms with van der Waals surface area (Å²) < 4.78 is 33.1. The minimum Gasteiger partial charge on any atom is -0.491 e. The first-order valence-electron chi connectivity index (χ1n) is 7.85. The lowest BCUT2D eigenvalue weighted by molar-refractivity contribution is 0.224. The minimum absolute atomic E-state index is 0.172. The van der Waals surface area contributed by atoms with E-state index in [4.69, 9.17) is 28.4 Å². The molecule has 3 aliphatic heterocycles. The standard InChI is InChI=1S/C17H20O6/c1-2-11-3-12(18-5-13-6-19-13)4-16(22-9-14-7-20-14)17(11)23-10-15-8-21-15/h2-4,13-15H,1,5-10H2. The van der Waals surface area contributed by atoms with Crippen LogP contribution in [0.5, 0.6) is 17.2 Å². The topological polar surface area (TPSA) is 65.3 Å². The van der Waals surface area contributed by atoms with E-state index in [-0.39, 0.29) is 18.3 Å². The average molecular weight is 320 g/mol. The monoisotopic (exact) mass is 320 g/mol. The van der Waals surface area contributed by atoms with E-state index >= 15 is 0 Å². The smallest absolute Gasteiger partial charge is 0.168 e. The van der Waals surface area contributed by atoms with Gasteiger partial charge in [0, 0.05) is 11.6 Å². The van der Waals surface area contributed by atoms with Gasteiger partial charge in [0.1, 0.15) is 43.9 Å². The zero-order valence-electron chi connectivity index (χ0n) is 12.9. The first-order valence-corrected chi connectivity index (χ1v) is 7.85. The van der Waals surface area contributed by atoms with Gasteiger partial charge in [-0.15, -0.1) is 0 Å². The lowest BCUT2D eigenvalue weighted by Crippen LogP contribution is -2.10. The van der Waals surface area contributed by atoms with E-state index in [0.29, 0.717) is 31.3 Å². The third-order valence-electron chi connectivity index (χ3n) is 3.76. The van der Waals surface area contributed by atoms with Gasteiger partial charge in [0.05, 0.1) is 19.8 Å². The first-order chi connectivity index (χ1) is 11.3. The maximum Gasteiger partial charge on any atom is 0.168 e. The van der Waals surface area contributed by atoms with Crippen molar-refractivity contribution in [3.8, 4) is 17.2 Å². The zero-order valence-corrected chi connectivity index (χ0v) is 12.9. The molecule has 0 aliphatic carbocycles. The molecule has 0 amide bonds. The Balaban J connectivity index is 1.52. The molecule has 0 saturated carbocycles. The summed E-state index contributed by atoms with van der Waals surface area (Å²) in [6, 6.07) is 3.75. The van der Waals surface area contributed by atoms with Crippen LogP contribution in [0.2, 0.25) is 0 Å². The fourth-order valence-corrected chi connectivity index (χ4v) is 2.14. The number of epoxide rings is 3. The van der Waals surface area contributed by atoms with Crippen LogP contribution < -0.4 is 14.2 Å². The van der Waals surface area contributed by atoms with Crippen molar-refractivity contribution in [3.63, 3.8) is 0 Å². The minimum atomic E-state index is 0.172. The number of hydrogen-bond acceptors (Lipinski definition) is 6. The van der Waals surface area contributed by atoms with Crippen molar-refractivity contribution in [3.05, 3.63) is 24.3 Å². The van der Waals surface area contributed by atoms with E-state index in [1.54, 1.807) is 6.08 Å². The molecule has 3 unspecified atom stereocenters. The fraction of sp³-hybridized carbons (Fsp3) is 0.529. The summed E-state index contributed by atoms with van der Waals surface area (Å²) in [6.45, 7) is 7.67. The van der Waals surface area contributed by atoms with Gasteiger partial charge in [0.15, 0.2) is 11.5 Å². The molecule has 0 radical (unpaired) electrons. The van der Waals surface area contributed by atoms with E-state index in [1.807, 2.05) is 12.1 Å². The predicted octanol–water partition coefficient (Wildman–Crippen LogP) is 1.66. The molecule has 3 saturated heterocycles. The highest BCUT2D eigenvalue weighted by Crippen LogP contribution is 2.38. The van der Waals surface area contributed by atoms with Crippen LogP contribution >= 0.6 is 0 Å². The third-order valence-corrected chi connectivity index (χ3v) is 3.76. The van der Waals surface area contributed by atoms with Gasteiger partial charge in [0.2, 0.25) is 0 Å². The molecule has 3 atom stereocenters. The first kappa shape index (κ1) is 14.8. The largest absolute Gasteiger partial charge is 0.491 e. The van der Waals surface area contributed by atoms with Crippen molar-refractivity contribution >= 4 is 6.08 Å². The van der Waals surface area contributed by atoms with Crippen molar-refractivity contribution in [2.75, 3.05) is 39.6 Å². The molecule has 0 spiro atoms. The molecule has 6 heteroatoms. The summed E-state index contributed by atoms with van der Waals surface area (Å²) in [4.78, 5) is 0. The molecule has 1 aromatic carbocycles. The van der Waals surface area contributed by atoms with Crippen molar-refractivity contribution < 1.29 is 28.4 Å². The molecule has 0 bridgehead atoms. The lowest BCUT2D eigenvalue weighted by Gasteiger charge is -2.16. The SMILES string of the molecule is C=Cc1cc(OCC2CO2)cc(OCC2CO2)c1OCC1CO1. The number of benzene rings is 1. The highest BCUT2D eigenvalue weighted by molar-refractivity contribution is 5.64. The van der Waals surface area contributed by atoms with Crippen molar-refractivity contribution in [2.24, 2.45) is 0 Å². The van der Waals surface area contributed by atoms with Crippen molar-refractivity contribution in [2.45, 2.75) is 18.3 Å². The Labute approximate surface area is 134 Å². The third kappa shape index (κ3) is 4.16. The van der Waals surface area contributed by atoms with Gasteiger partial charge in [-0.2, -0.15) is 0 Å². The Morgan fingerprint density at radius 1 is 0.913 bits per heavy atom. The maximum absolute atomic E-state index is 5.89. The molecule has 3 fully saturated rings. The predicted molar refractivity (Wildman–Crippen MR) is 82.2 cm³/mol. The Kier molecular flexibility index (Phi) is 4.11. The molecule has 4 rings (SSSR count). The maximum atomic E-state index is 5.89. The Morgan fingerprint density at radius 3 is 2.04 bits per heavy atom. The van der Waals surface area contributed by atoms with E-state index in [1.165, 1.54) is 0 Å². The summed E-state index contributed by atoms with van der Waals surface area (Å²) >= 11 is 0. The van der Waals surface area contributed by atoms with Crippen LogP contribution in [0.3, 0.4) is 0 Å². The molecule has 23 heavy (non-hydrogen) atoms. The van der Waals surface area contributed by atoms with Gasteiger partial charge in [-0.1, -0.05) is 12.7 Å². The summed E-state index contributed by atoms with van der Waals surface area (Å²) in [6.07, 6.45) is 2.29. The average Bonchev–Trinajstić information content (AvgIpc) is 3.41. The second-order valence-electron chi connectivity index (χ2n) is 5.84. The molecule has 3 heterocycles. The molecule has 0 aromatic heterocycles. The molecular weight excluding hydrogens is 300 g/mol. The van der Waals surface area contributed by atoms with Crippen LogP contribution in [0.15, 0.2) is 18.7 Å². The molecule has 1 aromatic rings. The van der Waals surface area contributed by atoms with Crippen molar-refractivity contribution in [1.82, 2.24) is 0 Å². The summed E-state index contributed by atoms with van der Waals surface area (Å²) in [5.74, 6) is 2.04. The molecule has 124 valence electrons. The van der Waals surface area contributed by atoms with Gasteiger partial charge < -0.3 is 28.4 Å². The van der Waals surface area contributed by atoms with Crippen molar-refractivity contribution in [1.29, 1.82) is 0 Å². The van der Waals surface area contributed by atoms with Crippen LogP contribution in [-0.4, -0.2) is 58.0 Å². The van der Waals surface area contributed by atoms with Gasteiger partial charge in [-0.25, -0.2) is 0 Å². The second-order valence-corrected chi connectivity index (χ2v) is 5.84. The summed E-state index contributed by atoms with van der Waals surface area (Å²) in [5.41, 5.74) is 0.839. The molecule has 3 aliphatic rings. The van der Waals surface area contributed by atoms with Gasteiger partial charge in [0.25, 0.3) is 0 Å². The van der Waals surface area contributed by atoms with E-state index in [2.05, 4.69) is 6.58 Å². The summed E-state index contributed by atoms with van der Waals surface area (Å²) in [5, 5.41) is 0. The van der Waals surface area contributed by atoms with Crippen LogP contribution in [0.1, 0.15) is 5.56 Å². The van der Waals surface area contributed by atoms with E-state index in [9.17, 15) is 0 Å². The van der Waals surface area contributed by atoms with Gasteiger partial charge in [-0.3, -0.25) is 0 Å². The lowest BCUT2D eigenvalue weighted by atomic mass is 10.1. The Hall–Kier alpha value is -1.76. The van der Waals surface area contributed by atoms with Gasteiger partial charge in [-0.05, 0) is 6.07 Å². The number of hydrogen-bond donors (Lipinski definition) is 0. The van der Waals surface area contributed by atoms with Crippen LogP contribution in [0.4, 0.5) is 0 Å². The fourth-order valence-electron chi connectivity index (χ4n) is 2.14. The molecule has 6 nitrogen and oxygen atoms in total. The summed E-state index contributed by atoms with van der Waals surface area (Å²) in [7, 11) is 0. The molecular formula is C17H20O6. The number of ether oxygens (including phenoxy) is 6. The Morgan fingerprint density at radius 2 is 1.48 bits per heavy atom. The molecule has 0 N–H and O–H groups in total. The van der Waals surface area contributed by atoms with Crippen LogP contribution in [0.25, 0.3) is 6.08 Å². The van der Waals surface area contributed by atoms with Gasteiger partial charge >= 0.3 is 0 Å². The normalized spacial score (nSPS) is 27.2. The highest BCUT2D eigenvalue weighted by atomic mass is 16.6. The van der Waals surface area contributed by atoms with E-state index < -0.39 is 0 Å². The van der Waals surface area contributed by atoms with Crippen LogP contribution in [-0.2, 0) is 14.2 Å². The quantitative estimate of drug-likeness (QED) is 0.611. The Bertz CT molecular complexity index is 575. The second kappa shape index (κ2) is 6.39. The zero-order chi connectivity index (χ0) is 15.6. The highest BCUT2D eigenvalue weighted by Gasteiger charge is 2.27. The van der Waals surface area contributed by atoms with E-state index in [0.717, 1.165) is 31.1 Å².